The Kier molecular flexibility index (Phi) is 3.16. The monoisotopic (exact) mass is 197 g/mol. The zero-order valence-electron chi connectivity index (χ0n) is 7.69. The molecule has 0 aliphatic rings. The summed E-state index contributed by atoms with van der Waals surface area (Å²) >= 11 is 0. The molecule has 0 radical (unpaired) electrons. The largest absolute Gasteiger partial charge is 0.478 e. The first-order valence-electron chi connectivity index (χ1n) is 4.04. The van der Waals surface area contributed by atoms with Gasteiger partial charge < -0.3 is 15.3 Å². The minimum Gasteiger partial charge on any atom is -0.478 e. The highest BCUT2D eigenvalue weighted by atomic mass is 16.4. The van der Waals surface area contributed by atoms with Crippen LogP contribution >= 0.6 is 0 Å². The predicted molar refractivity (Wildman–Crippen MR) is 47.8 cm³/mol. The van der Waals surface area contributed by atoms with E-state index in [0.717, 1.165) is 0 Å². The highest BCUT2D eigenvalue weighted by molar-refractivity contribution is 5.89. The molecule has 0 aromatic carbocycles. The fourth-order valence-electron chi connectivity index (χ4n) is 1.18. The summed E-state index contributed by atoms with van der Waals surface area (Å²) in [6.07, 6.45) is 0. The van der Waals surface area contributed by atoms with Crippen LogP contribution in [0.4, 0.5) is 0 Å². The van der Waals surface area contributed by atoms with Gasteiger partial charge in [0.05, 0.1) is 30.2 Å². The van der Waals surface area contributed by atoms with Crippen molar-refractivity contribution in [2.75, 3.05) is 0 Å². The van der Waals surface area contributed by atoms with E-state index in [2.05, 4.69) is 4.98 Å². The second-order valence-electron chi connectivity index (χ2n) is 2.85. The lowest BCUT2D eigenvalue weighted by Gasteiger charge is -2.07. The maximum absolute atomic E-state index is 10.8. The number of hydrogen-bond donors (Lipinski definition) is 3. The van der Waals surface area contributed by atoms with Crippen LogP contribution in [0.15, 0.2) is 6.07 Å². The van der Waals surface area contributed by atoms with Crippen LogP contribution in [0.3, 0.4) is 0 Å². The van der Waals surface area contributed by atoms with Crippen molar-refractivity contribution < 1.29 is 20.1 Å². The van der Waals surface area contributed by atoms with Crippen molar-refractivity contribution in [3.63, 3.8) is 0 Å². The van der Waals surface area contributed by atoms with Gasteiger partial charge in [0.15, 0.2) is 0 Å². The number of aromatic carboxylic acids is 1. The first-order valence-corrected chi connectivity index (χ1v) is 4.04. The number of pyridine rings is 1. The highest BCUT2D eigenvalue weighted by Crippen LogP contribution is 2.14. The van der Waals surface area contributed by atoms with Crippen LogP contribution in [0.25, 0.3) is 0 Å². The van der Waals surface area contributed by atoms with Gasteiger partial charge in [0.2, 0.25) is 0 Å². The fraction of sp³-hybridized carbons (Fsp3) is 0.333. The van der Waals surface area contributed by atoms with Crippen LogP contribution in [-0.4, -0.2) is 26.3 Å². The minimum atomic E-state index is -1.09. The van der Waals surface area contributed by atoms with E-state index in [9.17, 15) is 4.79 Å². The number of hydrogen-bond acceptors (Lipinski definition) is 4. The summed E-state index contributed by atoms with van der Waals surface area (Å²) in [5.74, 6) is -1.09. The molecule has 0 aliphatic heterocycles. The predicted octanol–water partition coefficient (Wildman–Crippen LogP) is 0.0728. The number of aliphatic hydroxyl groups excluding tert-OH is 2. The van der Waals surface area contributed by atoms with Gasteiger partial charge in [-0.3, -0.25) is 4.98 Å². The number of aromatic nitrogens is 1. The average Bonchev–Trinajstić information content (AvgIpc) is 2.17. The molecule has 14 heavy (non-hydrogen) atoms. The van der Waals surface area contributed by atoms with E-state index in [1.54, 1.807) is 6.92 Å². The number of carboxylic acid groups (broad SMARTS) is 1. The number of nitrogens with zero attached hydrogens (tertiary/aromatic N) is 1. The molecular weight excluding hydrogens is 186 g/mol. The number of carbonyl (C=O) groups is 1. The molecule has 0 aliphatic carbocycles. The minimum absolute atomic E-state index is 0.0631. The summed E-state index contributed by atoms with van der Waals surface area (Å²) in [5, 5.41) is 26.5. The molecule has 0 fully saturated rings. The Morgan fingerprint density at radius 2 is 2.07 bits per heavy atom. The maximum atomic E-state index is 10.8. The zero-order chi connectivity index (χ0) is 10.7. The summed E-state index contributed by atoms with van der Waals surface area (Å²) in [5.41, 5.74) is 1.02. The molecule has 0 saturated heterocycles. The van der Waals surface area contributed by atoms with Gasteiger partial charge >= 0.3 is 5.97 Å². The van der Waals surface area contributed by atoms with Gasteiger partial charge in [-0.05, 0) is 18.6 Å². The lowest BCUT2D eigenvalue weighted by atomic mass is 10.1. The summed E-state index contributed by atoms with van der Waals surface area (Å²) in [6, 6.07) is 1.30. The maximum Gasteiger partial charge on any atom is 0.336 e. The molecule has 0 unspecified atom stereocenters. The molecule has 1 heterocycles. The lowest BCUT2D eigenvalue weighted by molar-refractivity contribution is 0.0695. The van der Waals surface area contributed by atoms with Crippen LogP contribution in [-0.2, 0) is 13.2 Å². The summed E-state index contributed by atoms with van der Waals surface area (Å²) in [6.45, 7) is 0.899. The quantitative estimate of drug-likeness (QED) is 0.638. The summed E-state index contributed by atoms with van der Waals surface area (Å²) in [7, 11) is 0. The van der Waals surface area contributed by atoms with Crippen molar-refractivity contribution in [2.24, 2.45) is 0 Å². The molecule has 1 aromatic rings. The lowest BCUT2D eigenvalue weighted by Crippen LogP contribution is -2.08. The zero-order valence-corrected chi connectivity index (χ0v) is 7.69. The van der Waals surface area contributed by atoms with Crippen LogP contribution in [0.1, 0.15) is 27.3 Å². The summed E-state index contributed by atoms with van der Waals surface area (Å²) < 4.78 is 0. The van der Waals surface area contributed by atoms with Gasteiger partial charge in [-0.2, -0.15) is 0 Å². The van der Waals surface area contributed by atoms with Crippen LogP contribution in [0.5, 0.6) is 0 Å². The van der Waals surface area contributed by atoms with E-state index in [-0.39, 0.29) is 30.2 Å². The van der Waals surface area contributed by atoms with Gasteiger partial charge in [0, 0.05) is 0 Å². The molecule has 0 amide bonds. The third-order valence-electron chi connectivity index (χ3n) is 1.97. The topological polar surface area (TPSA) is 90.7 Å². The first kappa shape index (κ1) is 10.6. The Morgan fingerprint density at radius 3 is 2.50 bits per heavy atom. The van der Waals surface area contributed by atoms with Gasteiger partial charge in [0.25, 0.3) is 0 Å². The second kappa shape index (κ2) is 4.17. The van der Waals surface area contributed by atoms with Crippen LogP contribution < -0.4 is 0 Å². The highest BCUT2D eigenvalue weighted by Gasteiger charge is 2.13. The molecular formula is C9H11NO4. The Bertz CT molecular complexity index is 362. The van der Waals surface area contributed by atoms with Gasteiger partial charge in [0.1, 0.15) is 0 Å². The van der Waals surface area contributed by atoms with Crippen LogP contribution in [0, 0.1) is 6.92 Å². The SMILES string of the molecule is Cc1c(C(=O)O)cc(CO)nc1CO. The van der Waals surface area contributed by atoms with E-state index >= 15 is 0 Å². The van der Waals surface area contributed by atoms with Crippen molar-refractivity contribution in [3.8, 4) is 0 Å². The Labute approximate surface area is 80.7 Å². The van der Waals surface area contributed by atoms with Gasteiger partial charge in [-0.25, -0.2) is 4.79 Å². The molecule has 0 spiro atoms. The second-order valence-corrected chi connectivity index (χ2v) is 2.85. The fourth-order valence-corrected chi connectivity index (χ4v) is 1.18. The first-order chi connectivity index (χ1) is 6.60. The molecule has 5 nitrogen and oxygen atoms in total. The number of carboxylic acids is 1. The Hall–Kier alpha value is -1.46. The molecule has 76 valence electrons. The smallest absolute Gasteiger partial charge is 0.336 e. The van der Waals surface area contributed by atoms with Crippen molar-refractivity contribution in [1.82, 2.24) is 4.98 Å². The van der Waals surface area contributed by atoms with Crippen molar-refractivity contribution >= 4 is 5.97 Å². The van der Waals surface area contributed by atoms with E-state index in [4.69, 9.17) is 15.3 Å². The van der Waals surface area contributed by atoms with E-state index < -0.39 is 5.97 Å². The molecule has 0 atom stereocenters. The Balaban J connectivity index is 3.34. The molecule has 1 rings (SSSR count). The number of rotatable bonds is 3. The average molecular weight is 197 g/mol. The van der Waals surface area contributed by atoms with E-state index in [0.29, 0.717) is 5.56 Å². The molecule has 0 bridgehead atoms. The van der Waals surface area contributed by atoms with Crippen molar-refractivity contribution in [1.29, 1.82) is 0 Å². The number of aliphatic hydroxyl groups is 2. The van der Waals surface area contributed by atoms with Crippen molar-refractivity contribution in [3.05, 3.63) is 28.6 Å². The van der Waals surface area contributed by atoms with E-state index in [1.165, 1.54) is 6.07 Å². The van der Waals surface area contributed by atoms with E-state index in [1.807, 2.05) is 0 Å². The third kappa shape index (κ3) is 1.89. The van der Waals surface area contributed by atoms with Gasteiger partial charge in [-0.15, -0.1) is 0 Å². The normalized spacial score (nSPS) is 10.2. The standard InChI is InChI=1S/C9H11NO4/c1-5-7(9(13)14)2-6(3-11)10-8(5)4-12/h2,11-12H,3-4H2,1H3,(H,13,14). The molecule has 0 saturated carbocycles. The Morgan fingerprint density at radius 1 is 1.43 bits per heavy atom. The molecule has 5 heteroatoms. The third-order valence-corrected chi connectivity index (χ3v) is 1.97. The molecule has 3 N–H and O–H groups in total. The molecule has 1 aromatic heterocycles. The summed E-state index contributed by atoms with van der Waals surface area (Å²) in [4.78, 5) is 14.7. The van der Waals surface area contributed by atoms with Crippen LogP contribution in [0.2, 0.25) is 0 Å². The van der Waals surface area contributed by atoms with Crippen molar-refractivity contribution in [2.45, 2.75) is 20.1 Å². The van der Waals surface area contributed by atoms with Gasteiger partial charge in [-0.1, -0.05) is 0 Å².